The van der Waals surface area contributed by atoms with Crippen LogP contribution in [0.4, 0.5) is 5.82 Å². The van der Waals surface area contributed by atoms with Crippen LogP contribution in [0.15, 0.2) is 42.6 Å². The summed E-state index contributed by atoms with van der Waals surface area (Å²) in [7, 11) is 3.10. The van der Waals surface area contributed by atoms with Gasteiger partial charge in [0, 0.05) is 6.07 Å². The summed E-state index contributed by atoms with van der Waals surface area (Å²) in [6.07, 6.45) is 2.12. The minimum absolute atomic E-state index is 0.239. The smallest absolute Gasteiger partial charge is 0.213 e. The molecule has 3 aromatic heterocycles. The fraction of sp³-hybridized carbons (Fsp3) is 0.385. The SMILES string of the molecule is CCOc1cccc(-c2nc3ncc(NC4(S(=O)[O-])CCC(O)CC4)nc3n2-c2c(OC)cccc2OC)n1. The molecule has 2 N–H and O–H groups in total. The predicted molar refractivity (Wildman–Crippen MR) is 144 cm³/mol. The third-order valence-electron chi connectivity index (χ3n) is 6.68. The number of benzene rings is 1. The molecule has 0 amide bonds. The van der Waals surface area contributed by atoms with Crippen molar-refractivity contribution in [3.05, 3.63) is 42.6 Å². The lowest BCUT2D eigenvalue weighted by molar-refractivity contribution is 0.119. The van der Waals surface area contributed by atoms with E-state index in [0.29, 0.717) is 65.3 Å². The van der Waals surface area contributed by atoms with Crippen LogP contribution in [0.5, 0.6) is 17.4 Å². The lowest BCUT2D eigenvalue weighted by Crippen LogP contribution is -2.47. The van der Waals surface area contributed by atoms with Crippen LogP contribution in [0, 0.1) is 0 Å². The van der Waals surface area contributed by atoms with Crippen molar-refractivity contribution in [1.29, 1.82) is 0 Å². The Morgan fingerprint density at radius 2 is 1.79 bits per heavy atom. The van der Waals surface area contributed by atoms with E-state index in [0.717, 1.165) is 0 Å². The van der Waals surface area contributed by atoms with E-state index < -0.39 is 22.1 Å². The molecule has 0 bridgehead atoms. The summed E-state index contributed by atoms with van der Waals surface area (Å²) in [5, 5.41) is 13.0. The Hall–Kier alpha value is -3.81. The van der Waals surface area contributed by atoms with Gasteiger partial charge in [-0.2, -0.15) is 0 Å². The molecule has 0 spiro atoms. The largest absolute Gasteiger partial charge is 0.771 e. The van der Waals surface area contributed by atoms with E-state index in [9.17, 15) is 13.9 Å². The predicted octanol–water partition coefficient (Wildman–Crippen LogP) is 3.22. The van der Waals surface area contributed by atoms with Crippen molar-refractivity contribution in [3.63, 3.8) is 0 Å². The highest BCUT2D eigenvalue weighted by molar-refractivity contribution is 7.80. The highest BCUT2D eigenvalue weighted by Gasteiger charge is 2.37. The van der Waals surface area contributed by atoms with Gasteiger partial charge < -0.3 is 29.2 Å². The first-order valence-corrected chi connectivity index (χ1v) is 13.6. The summed E-state index contributed by atoms with van der Waals surface area (Å²) >= 11 is -2.47. The molecule has 39 heavy (non-hydrogen) atoms. The number of rotatable bonds is 9. The molecule has 1 aromatic carbocycles. The number of nitrogens with one attached hydrogen (secondary N) is 1. The van der Waals surface area contributed by atoms with E-state index in [1.165, 1.54) is 6.20 Å². The first-order chi connectivity index (χ1) is 18.9. The van der Waals surface area contributed by atoms with Crippen molar-refractivity contribution in [3.8, 4) is 34.6 Å². The normalized spacial score (nSPS) is 20.0. The Morgan fingerprint density at radius 1 is 1.10 bits per heavy atom. The molecule has 0 saturated heterocycles. The minimum atomic E-state index is -2.47. The van der Waals surface area contributed by atoms with Crippen LogP contribution in [0.25, 0.3) is 28.5 Å². The van der Waals surface area contributed by atoms with E-state index in [1.54, 1.807) is 49.1 Å². The van der Waals surface area contributed by atoms with Gasteiger partial charge in [0.05, 0.1) is 33.1 Å². The Labute approximate surface area is 227 Å². The van der Waals surface area contributed by atoms with Crippen molar-refractivity contribution in [2.75, 3.05) is 26.1 Å². The molecule has 5 rings (SSSR count). The van der Waals surface area contributed by atoms with Gasteiger partial charge in [-0.05, 0) is 61.9 Å². The number of fused-ring (bicyclic) bond motifs is 1. The van der Waals surface area contributed by atoms with Gasteiger partial charge in [-0.1, -0.05) is 12.1 Å². The van der Waals surface area contributed by atoms with E-state index >= 15 is 0 Å². The molecule has 1 atom stereocenters. The maximum absolute atomic E-state index is 12.3. The molecule has 3 heterocycles. The summed E-state index contributed by atoms with van der Waals surface area (Å²) in [6, 6.07) is 10.7. The zero-order valence-corrected chi connectivity index (χ0v) is 22.6. The number of methoxy groups -OCH3 is 2. The van der Waals surface area contributed by atoms with Crippen LogP contribution in [-0.4, -0.2) is 70.2 Å². The maximum atomic E-state index is 12.3. The van der Waals surface area contributed by atoms with Crippen molar-refractivity contribution >= 4 is 28.2 Å². The van der Waals surface area contributed by atoms with E-state index in [1.807, 2.05) is 13.0 Å². The molecule has 1 aliphatic rings. The van der Waals surface area contributed by atoms with Crippen LogP contribution in [-0.2, 0) is 11.1 Å². The van der Waals surface area contributed by atoms with Gasteiger partial charge in [-0.25, -0.2) is 19.9 Å². The number of hydrogen-bond acceptors (Lipinski definition) is 11. The highest BCUT2D eigenvalue weighted by Crippen LogP contribution is 2.39. The molecular weight excluding hydrogens is 524 g/mol. The first kappa shape index (κ1) is 26.8. The van der Waals surface area contributed by atoms with Crippen molar-refractivity contribution in [2.45, 2.75) is 43.6 Å². The van der Waals surface area contributed by atoms with E-state index in [2.05, 4.69) is 15.3 Å². The van der Waals surface area contributed by atoms with Gasteiger partial charge in [-0.3, -0.25) is 8.78 Å². The van der Waals surface area contributed by atoms with E-state index in [-0.39, 0.29) is 18.7 Å². The number of anilines is 1. The molecule has 12 nitrogen and oxygen atoms in total. The number of nitrogens with zero attached hydrogens (tertiary/aromatic N) is 5. The Bertz CT molecular complexity index is 1480. The molecule has 4 aromatic rings. The number of pyridine rings is 1. The minimum Gasteiger partial charge on any atom is -0.771 e. The quantitative estimate of drug-likeness (QED) is 0.293. The number of aliphatic hydroxyl groups excluding tert-OH is 1. The molecular formula is C26H29N6O6S-. The average molecular weight is 554 g/mol. The standard InChI is InChI=1S/C26H30N6O6S/c1-4-38-21-10-5-7-17(28-21)24-30-23-25(32(24)22-18(36-2)8-6-9-19(22)37-3)29-20(15-27-23)31-26(39(34)35)13-11-16(33)12-14-26/h5-10,15-16,33H,4,11-14H2,1-3H3,(H,29,31)(H,34,35)/p-1. The molecule has 1 saturated carbocycles. The summed E-state index contributed by atoms with van der Waals surface area (Å²) in [6.45, 7) is 2.32. The van der Waals surface area contributed by atoms with Crippen LogP contribution < -0.4 is 19.5 Å². The van der Waals surface area contributed by atoms with Gasteiger partial charge in [0.25, 0.3) is 0 Å². The topological polar surface area (TPSA) is 157 Å². The second-order valence-corrected chi connectivity index (χ2v) is 10.3. The van der Waals surface area contributed by atoms with Crippen molar-refractivity contribution < 1.29 is 28.1 Å². The third-order valence-corrected chi connectivity index (χ3v) is 7.83. The third kappa shape index (κ3) is 5.12. The number of ether oxygens (including phenoxy) is 3. The lowest BCUT2D eigenvalue weighted by atomic mass is 9.92. The fourth-order valence-electron chi connectivity index (χ4n) is 4.75. The van der Waals surface area contributed by atoms with Crippen LogP contribution in [0.3, 0.4) is 0 Å². The van der Waals surface area contributed by atoms with E-state index in [4.69, 9.17) is 24.2 Å². The zero-order valence-electron chi connectivity index (χ0n) is 21.8. The molecule has 1 fully saturated rings. The highest BCUT2D eigenvalue weighted by atomic mass is 32.2. The molecule has 1 aliphatic carbocycles. The molecule has 13 heteroatoms. The lowest BCUT2D eigenvalue weighted by Gasteiger charge is -2.41. The van der Waals surface area contributed by atoms with Crippen LogP contribution in [0.2, 0.25) is 0 Å². The number of aliphatic hydroxyl groups is 1. The van der Waals surface area contributed by atoms with Gasteiger partial charge in [0.15, 0.2) is 17.1 Å². The van der Waals surface area contributed by atoms with Crippen LogP contribution >= 0.6 is 0 Å². The fourth-order valence-corrected chi connectivity index (χ4v) is 5.51. The average Bonchev–Trinajstić information content (AvgIpc) is 3.32. The van der Waals surface area contributed by atoms with Crippen molar-refractivity contribution in [1.82, 2.24) is 24.5 Å². The number of hydrogen-bond donors (Lipinski definition) is 2. The second kappa shape index (κ2) is 11.1. The molecule has 0 radical (unpaired) electrons. The monoisotopic (exact) mass is 553 g/mol. The van der Waals surface area contributed by atoms with Gasteiger partial charge >= 0.3 is 0 Å². The number of aromatic nitrogens is 5. The van der Waals surface area contributed by atoms with Crippen molar-refractivity contribution in [2.24, 2.45) is 0 Å². The summed E-state index contributed by atoms with van der Waals surface area (Å²) in [5.41, 5.74) is 1.67. The Balaban J connectivity index is 1.72. The number of imidazole rings is 1. The van der Waals surface area contributed by atoms with Crippen LogP contribution in [0.1, 0.15) is 32.6 Å². The summed E-state index contributed by atoms with van der Waals surface area (Å²) in [5.74, 6) is 2.09. The second-order valence-electron chi connectivity index (χ2n) is 9.06. The Morgan fingerprint density at radius 3 is 2.44 bits per heavy atom. The molecule has 0 aliphatic heterocycles. The summed E-state index contributed by atoms with van der Waals surface area (Å²) < 4.78 is 43.3. The van der Waals surface area contributed by atoms with Gasteiger partial charge in [0.2, 0.25) is 5.88 Å². The molecule has 206 valence electrons. The summed E-state index contributed by atoms with van der Waals surface area (Å²) in [4.78, 5) is 17.4. The van der Waals surface area contributed by atoms with Gasteiger partial charge in [-0.15, -0.1) is 0 Å². The Kier molecular flexibility index (Phi) is 7.64. The number of para-hydroxylation sites is 1. The zero-order chi connectivity index (χ0) is 27.6. The molecule has 1 unspecified atom stereocenters. The maximum Gasteiger partial charge on any atom is 0.213 e. The first-order valence-electron chi connectivity index (χ1n) is 12.5. The van der Waals surface area contributed by atoms with Gasteiger partial charge in [0.1, 0.15) is 33.6 Å².